The fraction of sp³-hybridized carbons (Fsp3) is 0.280. The minimum atomic E-state index is 0. The van der Waals surface area contributed by atoms with E-state index in [0.717, 1.165) is 42.3 Å². The SMILES string of the molecule is COc1ccc(CCNCc2ccccc2OCc2ccc(C)cc2)cc1OC.Cl. The summed E-state index contributed by atoms with van der Waals surface area (Å²) in [5.74, 6) is 2.44. The van der Waals surface area contributed by atoms with E-state index in [0.29, 0.717) is 6.61 Å². The highest BCUT2D eigenvalue weighted by atomic mass is 35.5. The van der Waals surface area contributed by atoms with Gasteiger partial charge in [-0.2, -0.15) is 0 Å². The van der Waals surface area contributed by atoms with Gasteiger partial charge in [0.15, 0.2) is 11.5 Å². The summed E-state index contributed by atoms with van der Waals surface area (Å²) in [6.45, 7) is 4.29. The van der Waals surface area contributed by atoms with E-state index in [9.17, 15) is 0 Å². The van der Waals surface area contributed by atoms with Crippen LogP contribution in [-0.2, 0) is 19.6 Å². The van der Waals surface area contributed by atoms with E-state index in [2.05, 4.69) is 48.6 Å². The highest BCUT2D eigenvalue weighted by Crippen LogP contribution is 2.27. The van der Waals surface area contributed by atoms with Crippen LogP contribution in [0.15, 0.2) is 66.7 Å². The van der Waals surface area contributed by atoms with Crippen molar-refractivity contribution in [2.45, 2.75) is 26.5 Å². The number of para-hydroxylation sites is 1. The molecule has 0 saturated carbocycles. The lowest BCUT2D eigenvalue weighted by Crippen LogP contribution is -2.17. The summed E-state index contributed by atoms with van der Waals surface area (Å²) in [6, 6.07) is 22.7. The quantitative estimate of drug-likeness (QED) is 0.443. The molecule has 3 rings (SSSR count). The molecule has 0 unspecified atom stereocenters. The molecule has 0 aromatic heterocycles. The van der Waals surface area contributed by atoms with Crippen LogP contribution in [0, 0.1) is 6.92 Å². The number of methoxy groups -OCH3 is 2. The third-order valence-corrected chi connectivity index (χ3v) is 4.84. The van der Waals surface area contributed by atoms with Crippen molar-refractivity contribution in [3.05, 3.63) is 89.0 Å². The third-order valence-electron chi connectivity index (χ3n) is 4.84. The lowest BCUT2D eigenvalue weighted by atomic mass is 10.1. The van der Waals surface area contributed by atoms with Gasteiger partial charge in [-0.25, -0.2) is 0 Å². The zero-order valence-corrected chi connectivity index (χ0v) is 18.6. The van der Waals surface area contributed by atoms with E-state index in [1.807, 2.05) is 30.3 Å². The summed E-state index contributed by atoms with van der Waals surface area (Å²) in [5.41, 5.74) is 4.80. The molecule has 160 valence electrons. The Hall–Kier alpha value is -2.69. The topological polar surface area (TPSA) is 39.7 Å². The van der Waals surface area contributed by atoms with Gasteiger partial charge < -0.3 is 19.5 Å². The molecule has 3 aromatic rings. The first-order valence-electron chi connectivity index (χ1n) is 9.87. The molecular formula is C25H30ClNO3. The van der Waals surface area contributed by atoms with E-state index in [4.69, 9.17) is 14.2 Å². The van der Waals surface area contributed by atoms with Gasteiger partial charge in [0, 0.05) is 12.1 Å². The third kappa shape index (κ3) is 6.68. The van der Waals surface area contributed by atoms with Gasteiger partial charge in [-0.05, 0) is 49.2 Å². The van der Waals surface area contributed by atoms with Crippen LogP contribution in [0.25, 0.3) is 0 Å². The molecule has 1 N–H and O–H groups in total. The largest absolute Gasteiger partial charge is 0.493 e. The molecule has 0 heterocycles. The van der Waals surface area contributed by atoms with Crippen LogP contribution in [0.3, 0.4) is 0 Å². The van der Waals surface area contributed by atoms with Crippen molar-refractivity contribution in [2.24, 2.45) is 0 Å². The Bertz CT molecular complexity index is 913. The Morgan fingerprint density at radius 2 is 1.47 bits per heavy atom. The minimum Gasteiger partial charge on any atom is -0.493 e. The molecule has 3 aromatic carbocycles. The first-order chi connectivity index (χ1) is 14.2. The standard InChI is InChI=1S/C25H29NO3.ClH/c1-19-8-10-21(11-9-19)18-29-23-7-5-4-6-22(23)17-26-15-14-20-12-13-24(27-2)25(16-20)28-3;/h4-13,16,26H,14-15,17-18H2,1-3H3;1H. The first kappa shape index (κ1) is 23.6. The fourth-order valence-electron chi connectivity index (χ4n) is 3.13. The lowest BCUT2D eigenvalue weighted by Gasteiger charge is -2.13. The number of halogens is 1. The predicted molar refractivity (Wildman–Crippen MR) is 124 cm³/mol. The van der Waals surface area contributed by atoms with E-state index < -0.39 is 0 Å². The van der Waals surface area contributed by atoms with Crippen molar-refractivity contribution in [1.29, 1.82) is 0 Å². The van der Waals surface area contributed by atoms with Crippen molar-refractivity contribution in [1.82, 2.24) is 5.32 Å². The molecular weight excluding hydrogens is 398 g/mol. The maximum absolute atomic E-state index is 6.06. The zero-order valence-electron chi connectivity index (χ0n) is 17.8. The average Bonchev–Trinajstić information content (AvgIpc) is 2.76. The van der Waals surface area contributed by atoms with Crippen molar-refractivity contribution in [3.8, 4) is 17.2 Å². The molecule has 0 amide bonds. The highest BCUT2D eigenvalue weighted by Gasteiger charge is 2.06. The Balaban J connectivity index is 0.00000320. The van der Waals surface area contributed by atoms with Crippen LogP contribution in [0.2, 0.25) is 0 Å². The molecule has 0 aliphatic rings. The lowest BCUT2D eigenvalue weighted by molar-refractivity contribution is 0.302. The van der Waals surface area contributed by atoms with Crippen molar-refractivity contribution < 1.29 is 14.2 Å². The van der Waals surface area contributed by atoms with Crippen molar-refractivity contribution in [3.63, 3.8) is 0 Å². The molecule has 0 aliphatic heterocycles. The number of aryl methyl sites for hydroxylation is 1. The number of hydrogen-bond acceptors (Lipinski definition) is 4. The Labute approximate surface area is 185 Å². The molecule has 30 heavy (non-hydrogen) atoms. The molecule has 0 spiro atoms. The van der Waals surface area contributed by atoms with Crippen LogP contribution >= 0.6 is 12.4 Å². The normalized spacial score (nSPS) is 10.2. The number of nitrogens with one attached hydrogen (secondary N) is 1. The van der Waals surface area contributed by atoms with Gasteiger partial charge in [0.25, 0.3) is 0 Å². The molecule has 5 heteroatoms. The molecule has 0 bridgehead atoms. The molecule has 0 radical (unpaired) electrons. The number of ether oxygens (including phenoxy) is 3. The second-order valence-corrected chi connectivity index (χ2v) is 7.00. The maximum atomic E-state index is 6.06. The first-order valence-corrected chi connectivity index (χ1v) is 9.87. The summed E-state index contributed by atoms with van der Waals surface area (Å²) in [7, 11) is 3.31. The summed E-state index contributed by atoms with van der Waals surface area (Å²) in [5, 5.41) is 3.51. The van der Waals surface area contributed by atoms with E-state index >= 15 is 0 Å². The van der Waals surface area contributed by atoms with Crippen LogP contribution in [0.1, 0.15) is 22.3 Å². The van der Waals surface area contributed by atoms with Gasteiger partial charge in [-0.3, -0.25) is 0 Å². The van der Waals surface area contributed by atoms with Gasteiger partial charge in [-0.15, -0.1) is 12.4 Å². The molecule has 0 atom stereocenters. The molecule has 4 nitrogen and oxygen atoms in total. The average molecular weight is 428 g/mol. The highest BCUT2D eigenvalue weighted by molar-refractivity contribution is 5.85. The van der Waals surface area contributed by atoms with Gasteiger partial charge in [0.05, 0.1) is 14.2 Å². The summed E-state index contributed by atoms with van der Waals surface area (Å²) < 4.78 is 16.7. The molecule has 0 fully saturated rings. The fourth-order valence-corrected chi connectivity index (χ4v) is 3.13. The van der Waals surface area contributed by atoms with Crippen molar-refractivity contribution >= 4 is 12.4 Å². The van der Waals surface area contributed by atoms with Crippen molar-refractivity contribution in [2.75, 3.05) is 20.8 Å². The Morgan fingerprint density at radius 3 is 2.20 bits per heavy atom. The summed E-state index contributed by atoms with van der Waals surface area (Å²) in [6.07, 6.45) is 0.909. The maximum Gasteiger partial charge on any atom is 0.160 e. The van der Waals surface area contributed by atoms with E-state index in [1.54, 1.807) is 14.2 Å². The Kier molecular flexibility index (Phi) is 9.52. The number of hydrogen-bond donors (Lipinski definition) is 1. The zero-order chi connectivity index (χ0) is 20.5. The predicted octanol–water partition coefficient (Wildman–Crippen LogP) is 5.35. The second-order valence-electron chi connectivity index (χ2n) is 7.00. The van der Waals surface area contributed by atoms with Crippen LogP contribution in [0.5, 0.6) is 17.2 Å². The summed E-state index contributed by atoms with van der Waals surface area (Å²) in [4.78, 5) is 0. The molecule has 0 saturated heterocycles. The Morgan fingerprint density at radius 1 is 0.767 bits per heavy atom. The van der Waals surface area contributed by atoms with Gasteiger partial charge >= 0.3 is 0 Å². The monoisotopic (exact) mass is 427 g/mol. The van der Waals surface area contributed by atoms with Crippen LogP contribution in [-0.4, -0.2) is 20.8 Å². The molecule has 0 aliphatic carbocycles. The second kappa shape index (κ2) is 12.1. The minimum absolute atomic E-state index is 0. The van der Waals surface area contributed by atoms with Crippen LogP contribution in [0.4, 0.5) is 0 Å². The van der Waals surface area contributed by atoms with Gasteiger partial charge in [-0.1, -0.05) is 54.1 Å². The summed E-state index contributed by atoms with van der Waals surface area (Å²) >= 11 is 0. The van der Waals surface area contributed by atoms with E-state index in [-0.39, 0.29) is 12.4 Å². The van der Waals surface area contributed by atoms with Crippen LogP contribution < -0.4 is 19.5 Å². The van der Waals surface area contributed by atoms with E-state index in [1.165, 1.54) is 16.7 Å². The smallest absolute Gasteiger partial charge is 0.160 e. The van der Waals surface area contributed by atoms with Gasteiger partial charge in [0.2, 0.25) is 0 Å². The van der Waals surface area contributed by atoms with Gasteiger partial charge in [0.1, 0.15) is 12.4 Å². The number of rotatable bonds is 10. The number of benzene rings is 3.